The Morgan fingerprint density at radius 2 is 1.98 bits per heavy atom. The van der Waals surface area contributed by atoms with Crippen LogP contribution in [0.4, 0.5) is 5.69 Å². The molecule has 1 saturated carbocycles. The Morgan fingerprint density at radius 1 is 1.15 bits per heavy atom. The number of carbonyl (C=O) groups excluding carboxylic acids is 2. The third-order valence-electron chi connectivity index (χ3n) is 12.2. The number of methoxy groups -OCH3 is 1. The summed E-state index contributed by atoms with van der Waals surface area (Å²) in [6.45, 7) is 3.85. The van der Waals surface area contributed by atoms with E-state index in [9.17, 15) is 18.9 Å². The van der Waals surface area contributed by atoms with Crippen LogP contribution < -0.4 is 19.1 Å². The Labute approximate surface area is 315 Å². The summed E-state index contributed by atoms with van der Waals surface area (Å²) in [6.07, 6.45) is 7.51. The lowest BCUT2D eigenvalue weighted by Crippen LogP contribution is -2.50. The summed E-state index contributed by atoms with van der Waals surface area (Å²) in [7, 11) is -0.568. The molecule has 5 aliphatic rings. The van der Waals surface area contributed by atoms with Crippen LogP contribution in [-0.4, -0.2) is 75.9 Å². The van der Waals surface area contributed by atoms with Gasteiger partial charge in [0.15, 0.2) is 6.29 Å². The molecule has 2 aliphatic carbocycles. The second-order valence-electron chi connectivity index (χ2n) is 15.9. The lowest BCUT2D eigenvalue weighted by Gasteiger charge is -2.46. The van der Waals surface area contributed by atoms with Gasteiger partial charge in [-0.15, -0.1) is 9.46 Å². The standard InChI is InChI=1S/C39H48ClN5O7S/c1-23-6-7-25-17-34(46)52-35(25)29-11-8-27(29)18-45-21-39(14-4-5-24-15-28(40)10-12-31(24)39)22-51-33-13-9-26(16-32(33)45)36(47)42-53(49,20-23)43-37(48)30-19-44(2)41-38(30)50-3/h9-10,12-13,15-16,19,23,25,27,29,34-35,46H,4-8,11,14,17-18,20-22H2,1-3H3,(H,42,43,47,48,49)/t23-,25-,27-,29+,34?,35-,39-,53-/m0/s1. The van der Waals surface area contributed by atoms with Crippen molar-refractivity contribution >= 4 is 39.0 Å². The van der Waals surface area contributed by atoms with Gasteiger partial charge in [0.25, 0.3) is 11.8 Å². The SMILES string of the molecule is COc1nn(C)cc1C(=O)N[S@@]1(=O)=NC(=O)c2ccc3c(c2)N(C[C@@H]2CC[C@H]2[C@H]2OC(O)C[C@@H]2CC[C@H](C)C1)C[C@@]1(CCCc2cc(Cl)ccc21)CO3. The van der Waals surface area contributed by atoms with E-state index >= 15 is 0 Å². The minimum absolute atomic E-state index is 0.0357. The Morgan fingerprint density at radius 3 is 2.77 bits per heavy atom. The van der Waals surface area contributed by atoms with Gasteiger partial charge in [0.2, 0.25) is 5.88 Å². The van der Waals surface area contributed by atoms with Crippen LogP contribution in [0.3, 0.4) is 0 Å². The zero-order valence-electron chi connectivity index (χ0n) is 30.5. The third-order valence-corrected chi connectivity index (χ3v) is 14.4. The van der Waals surface area contributed by atoms with Crippen molar-refractivity contribution in [3.63, 3.8) is 0 Å². The van der Waals surface area contributed by atoms with Crippen molar-refractivity contribution in [3.05, 3.63) is 69.9 Å². The number of aliphatic hydroxyl groups excluding tert-OH is 1. The van der Waals surface area contributed by atoms with Gasteiger partial charge in [0.1, 0.15) is 21.2 Å². The molecule has 1 spiro atoms. The molecule has 1 unspecified atom stereocenters. The third kappa shape index (κ3) is 7.05. The predicted octanol–water partition coefficient (Wildman–Crippen LogP) is 5.69. The fraction of sp³-hybridized carbons (Fsp3) is 0.564. The predicted molar refractivity (Wildman–Crippen MR) is 201 cm³/mol. The second-order valence-corrected chi connectivity index (χ2v) is 18.3. The zero-order valence-corrected chi connectivity index (χ0v) is 32.0. The lowest BCUT2D eigenvalue weighted by molar-refractivity contribution is -0.128. The van der Waals surface area contributed by atoms with Crippen molar-refractivity contribution in [2.75, 3.05) is 37.5 Å². The van der Waals surface area contributed by atoms with Crippen molar-refractivity contribution in [2.45, 2.75) is 76.1 Å². The summed E-state index contributed by atoms with van der Waals surface area (Å²) in [5.74, 6) is -0.0872. The smallest absolute Gasteiger partial charge is 0.286 e. The van der Waals surface area contributed by atoms with Gasteiger partial charge in [-0.2, -0.15) is 0 Å². The van der Waals surface area contributed by atoms with Gasteiger partial charge < -0.3 is 24.2 Å². The first-order valence-corrected chi connectivity index (χ1v) is 20.8. The number of hydrogen-bond donors (Lipinski definition) is 2. The van der Waals surface area contributed by atoms with Crippen molar-refractivity contribution in [3.8, 4) is 11.6 Å². The largest absolute Gasteiger partial charge is 0.490 e. The molecular weight excluding hydrogens is 718 g/mol. The van der Waals surface area contributed by atoms with Gasteiger partial charge in [0, 0.05) is 48.8 Å². The Hall–Kier alpha value is -3.65. The summed E-state index contributed by atoms with van der Waals surface area (Å²) in [6, 6.07) is 11.5. The second kappa shape index (κ2) is 14.2. The average Bonchev–Trinajstić information content (AvgIpc) is 3.63. The zero-order chi connectivity index (χ0) is 37.1. The minimum Gasteiger partial charge on any atom is -0.490 e. The molecule has 3 aliphatic heterocycles. The number of nitrogens with one attached hydrogen (secondary N) is 1. The van der Waals surface area contributed by atoms with Gasteiger partial charge in [-0.3, -0.25) is 19.0 Å². The van der Waals surface area contributed by atoms with Gasteiger partial charge in [-0.25, -0.2) is 4.21 Å². The summed E-state index contributed by atoms with van der Waals surface area (Å²) in [5.41, 5.74) is 3.34. The van der Waals surface area contributed by atoms with Gasteiger partial charge >= 0.3 is 0 Å². The quantitative estimate of drug-likeness (QED) is 0.344. The first-order valence-electron chi connectivity index (χ1n) is 18.8. The number of fused-ring (bicyclic) bond motifs is 6. The van der Waals surface area contributed by atoms with Crippen LogP contribution in [0.2, 0.25) is 5.02 Å². The first kappa shape index (κ1) is 36.3. The summed E-state index contributed by atoms with van der Waals surface area (Å²) < 4.78 is 41.3. The topological polar surface area (TPSA) is 145 Å². The van der Waals surface area contributed by atoms with E-state index in [2.05, 4.69) is 31.2 Å². The molecule has 2 bridgehead atoms. The van der Waals surface area contributed by atoms with Crippen LogP contribution in [0.25, 0.3) is 0 Å². The highest BCUT2D eigenvalue weighted by Crippen LogP contribution is 2.49. The number of aliphatic hydroxyl groups is 1. The van der Waals surface area contributed by atoms with E-state index in [1.807, 2.05) is 19.1 Å². The Kier molecular flexibility index (Phi) is 9.74. The van der Waals surface area contributed by atoms with Crippen molar-refractivity contribution in [1.82, 2.24) is 14.5 Å². The maximum atomic E-state index is 14.7. The van der Waals surface area contributed by atoms with Gasteiger partial charge in [-0.05, 0) is 110 Å². The molecule has 2 fully saturated rings. The van der Waals surface area contributed by atoms with Crippen molar-refractivity contribution < 1.29 is 33.1 Å². The number of rotatable bonds is 3. The highest BCUT2D eigenvalue weighted by Gasteiger charge is 2.48. The molecule has 2 amide bonds. The number of carbonyl (C=O) groups is 2. The molecule has 1 aromatic heterocycles. The number of ether oxygens (including phenoxy) is 3. The maximum Gasteiger partial charge on any atom is 0.286 e. The number of hydrogen-bond acceptors (Lipinski definition) is 9. The number of benzene rings is 2. The lowest BCUT2D eigenvalue weighted by atomic mass is 9.66. The van der Waals surface area contributed by atoms with E-state index in [0.717, 1.165) is 55.8 Å². The number of anilines is 1. The molecular formula is C39H48ClN5O7S. The molecule has 8 rings (SSSR count). The highest BCUT2D eigenvalue weighted by molar-refractivity contribution is 7.92. The van der Waals surface area contributed by atoms with E-state index in [1.165, 1.54) is 29.1 Å². The molecule has 4 heterocycles. The summed E-state index contributed by atoms with van der Waals surface area (Å²) >= 11 is 6.47. The molecule has 1 saturated heterocycles. The first-order chi connectivity index (χ1) is 25.4. The van der Waals surface area contributed by atoms with Crippen LogP contribution in [0, 0.1) is 23.7 Å². The van der Waals surface area contributed by atoms with Crippen molar-refractivity contribution in [1.29, 1.82) is 0 Å². The minimum atomic E-state index is -3.62. The molecule has 284 valence electrons. The number of nitrogens with zero attached hydrogens (tertiary/aromatic N) is 4. The Bertz CT molecular complexity index is 2050. The number of amides is 2. The highest BCUT2D eigenvalue weighted by atomic mass is 35.5. The van der Waals surface area contributed by atoms with E-state index in [0.29, 0.717) is 37.7 Å². The molecule has 3 aromatic rings. The molecule has 12 nitrogen and oxygen atoms in total. The van der Waals surface area contributed by atoms with Crippen LogP contribution in [0.5, 0.6) is 11.6 Å². The van der Waals surface area contributed by atoms with Gasteiger partial charge in [0.05, 0.1) is 31.3 Å². The van der Waals surface area contributed by atoms with E-state index in [4.69, 9.17) is 25.8 Å². The van der Waals surface area contributed by atoms with Crippen molar-refractivity contribution in [2.24, 2.45) is 35.1 Å². The molecule has 14 heteroatoms. The van der Waals surface area contributed by atoms with E-state index in [1.54, 1.807) is 19.2 Å². The van der Waals surface area contributed by atoms with Crippen LogP contribution >= 0.6 is 11.6 Å². The van der Waals surface area contributed by atoms with E-state index in [-0.39, 0.29) is 52.0 Å². The molecule has 53 heavy (non-hydrogen) atoms. The normalized spacial score (nSPS) is 32.6. The van der Waals surface area contributed by atoms with E-state index < -0.39 is 28.0 Å². The Balaban J connectivity index is 1.21. The average molecular weight is 766 g/mol. The fourth-order valence-electron chi connectivity index (χ4n) is 9.49. The number of aromatic nitrogens is 2. The molecule has 8 atom stereocenters. The number of aryl methyl sites for hydroxylation is 2. The maximum absolute atomic E-state index is 14.7. The van der Waals surface area contributed by atoms with Gasteiger partial charge in [-0.1, -0.05) is 24.6 Å². The summed E-state index contributed by atoms with van der Waals surface area (Å²) in [5, 5.41) is 15.6. The monoisotopic (exact) mass is 765 g/mol. The number of halogens is 1. The molecule has 2 N–H and O–H groups in total. The fourth-order valence-corrected chi connectivity index (χ4v) is 11.6. The summed E-state index contributed by atoms with van der Waals surface area (Å²) in [4.78, 5) is 30.1. The molecule has 2 aromatic carbocycles. The van der Waals surface area contributed by atoms with Crippen LogP contribution in [0.15, 0.2) is 47.0 Å². The van der Waals surface area contributed by atoms with Crippen LogP contribution in [-0.2, 0) is 33.5 Å². The molecule has 0 radical (unpaired) electrons. The van der Waals surface area contributed by atoms with Crippen LogP contribution in [0.1, 0.15) is 83.7 Å².